The first-order chi connectivity index (χ1) is 17.8. The molecule has 216 valence electrons. The zero-order chi connectivity index (χ0) is 28.8. The van der Waals surface area contributed by atoms with Crippen LogP contribution in [0.3, 0.4) is 0 Å². The minimum Gasteiger partial charge on any atom is -0.394 e. The molecule has 0 aliphatic carbocycles. The first-order valence-electron chi connectivity index (χ1n) is 11.7. The Kier molecular flexibility index (Phi) is 11.4. The summed E-state index contributed by atoms with van der Waals surface area (Å²) >= 11 is 0. The lowest BCUT2D eigenvalue weighted by Crippen LogP contribution is -2.61. The van der Waals surface area contributed by atoms with Gasteiger partial charge >= 0.3 is 6.18 Å². The van der Waals surface area contributed by atoms with Gasteiger partial charge in [0.05, 0.1) is 30.9 Å². The Morgan fingerprint density at radius 1 is 1.11 bits per heavy atom. The number of aliphatic hydroxyl groups excluding tert-OH is 6. The van der Waals surface area contributed by atoms with E-state index in [0.29, 0.717) is 12.1 Å². The first kappa shape index (κ1) is 31.8. The fourth-order valence-corrected chi connectivity index (χ4v) is 3.81. The van der Waals surface area contributed by atoms with E-state index in [9.17, 15) is 53.4 Å². The fourth-order valence-electron chi connectivity index (χ4n) is 3.81. The van der Waals surface area contributed by atoms with Crippen molar-refractivity contribution in [1.82, 2.24) is 10.2 Å². The van der Waals surface area contributed by atoms with E-state index in [1.165, 1.54) is 14.0 Å². The maximum Gasteiger partial charge on any atom is 0.416 e. The minimum atomic E-state index is -4.66. The van der Waals surface area contributed by atoms with Gasteiger partial charge in [-0.25, -0.2) is 0 Å². The molecule has 2 rings (SSSR count). The smallest absolute Gasteiger partial charge is 0.394 e. The highest BCUT2D eigenvalue weighted by Crippen LogP contribution is 2.29. The van der Waals surface area contributed by atoms with Crippen molar-refractivity contribution in [3.63, 3.8) is 0 Å². The molecule has 0 aromatic heterocycles. The molecule has 3 unspecified atom stereocenters. The molecule has 0 radical (unpaired) electrons. The van der Waals surface area contributed by atoms with Crippen molar-refractivity contribution in [1.29, 1.82) is 0 Å². The molecule has 0 spiro atoms. The highest BCUT2D eigenvalue weighted by Gasteiger charge is 2.45. The van der Waals surface area contributed by atoms with Gasteiger partial charge in [0, 0.05) is 12.6 Å². The molecular formula is C23H33F3N2O10. The van der Waals surface area contributed by atoms with Crippen LogP contribution in [0.5, 0.6) is 0 Å². The molecule has 1 saturated heterocycles. The summed E-state index contributed by atoms with van der Waals surface area (Å²) in [6.07, 6.45) is -16.1. The number of carbonyl (C=O) groups excluding carboxylic acids is 2. The van der Waals surface area contributed by atoms with Crippen molar-refractivity contribution < 1.29 is 62.9 Å². The second-order valence-electron chi connectivity index (χ2n) is 8.75. The normalized spacial score (nSPS) is 26.3. The van der Waals surface area contributed by atoms with Gasteiger partial charge in [0.1, 0.15) is 37.1 Å². The van der Waals surface area contributed by atoms with E-state index in [1.807, 2.05) is 0 Å². The topological polar surface area (TPSA) is 189 Å². The molecule has 1 heterocycles. The van der Waals surface area contributed by atoms with Crippen molar-refractivity contribution in [3.05, 3.63) is 35.4 Å². The molecule has 7 N–H and O–H groups in total. The number of aliphatic hydroxyl groups is 6. The van der Waals surface area contributed by atoms with E-state index in [4.69, 9.17) is 9.47 Å². The number of benzene rings is 1. The van der Waals surface area contributed by atoms with Crippen LogP contribution in [0.2, 0.25) is 0 Å². The van der Waals surface area contributed by atoms with E-state index in [-0.39, 0.29) is 12.0 Å². The molecule has 0 saturated carbocycles. The van der Waals surface area contributed by atoms with Crippen LogP contribution < -0.4 is 5.32 Å². The maximum absolute atomic E-state index is 13.4. The SMILES string of the molecule is CC[C@@H](O)[C@@H](O)[C@H](CO[C@@H]1OC(CO)[C@H](O)C(O)C1O)N(CC(=O)NC)C(=O)c1ccc(C(F)(F)F)cc1. The van der Waals surface area contributed by atoms with Gasteiger partial charge in [0.25, 0.3) is 5.91 Å². The number of alkyl halides is 3. The lowest BCUT2D eigenvalue weighted by atomic mass is 9.99. The van der Waals surface area contributed by atoms with Gasteiger partial charge in [-0.15, -0.1) is 0 Å². The molecule has 0 bridgehead atoms. The summed E-state index contributed by atoms with van der Waals surface area (Å²) in [6.45, 7) is -0.637. The summed E-state index contributed by atoms with van der Waals surface area (Å²) in [5.74, 6) is -1.70. The summed E-state index contributed by atoms with van der Waals surface area (Å²) in [4.78, 5) is 26.4. The second-order valence-corrected chi connectivity index (χ2v) is 8.75. The Balaban J connectivity index is 2.40. The van der Waals surface area contributed by atoms with Crippen molar-refractivity contribution in [2.75, 3.05) is 26.8 Å². The number of carbonyl (C=O) groups is 2. The van der Waals surface area contributed by atoms with E-state index >= 15 is 0 Å². The number of rotatable bonds is 11. The number of hydrogen-bond donors (Lipinski definition) is 7. The van der Waals surface area contributed by atoms with E-state index < -0.39 is 92.3 Å². The Morgan fingerprint density at radius 2 is 1.71 bits per heavy atom. The highest BCUT2D eigenvalue weighted by molar-refractivity contribution is 5.96. The third-order valence-electron chi connectivity index (χ3n) is 6.20. The molecule has 8 atom stereocenters. The van der Waals surface area contributed by atoms with Crippen molar-refractivity contribution >= 4 is 11.8 Å². The third-order valence-corrected chi connectivity index (χ3v) is 6.20. The molecule has 1 aromatic carbocycles. The van der Waals surface area contributed by atoms with Crippen LogP contribution in [0.4, 0.5) is 13.2 Å². The van der Waals surface area contributed by atoms with Gasteiger partial charge in [0.2, 0.25) is 5.91 Å². The van der Waals surface area contributed by atoms with Gasteiger partial charge in [-0.1, -0.05) is 6.92 Å². The molecule has 15 heteroatoms. The fraction of sp³-hybridized carbons (Fsp3) is 0.652. The van der Waals surface area contributed by atoms with Crippen LogP contribution in [-0.4, -0.2) is 123 Å². The van der Waals surface area contributed by atoms with Gasteiger partial charge in [-0.05, 0) is 30.7 Å². The second kappa shape index (κ2) is 13.6. The van der Waals surface area contributed by atoms with Crippen LogP contribution in [-0.2, 0) is 20.4 Å². The molecule has 12 nitrogen and oxygen atoms in total. The molecule has 1 aliphatic heterocycles. The number of halogens is 3. The van der Waals surface area contributed by atoms with Crippen LogP contribution in [0.15, 0.2) is 24.3 Å². The number of nitrogens with zero attached hydrogens (tertiary/aromatic N) is 1. The summed E-state index contributed by atoms with van der Waals surface area (Å²) in [5, 5.41) is 62.9. The number of ether oxygens (including phenoxy) is 2. The quantitative estimate of drug-likeness (QED) is 0.165. The Hall–Kier alpha value is -2.37. The van der Waals surface area contributed by atoms with Crippen molar-refractivity contribution in [2.24, 2.45) is 0 Å². The summed E-state index contributed by atoms with van der Waals surface area (Å²) in [5.41, 5.74) is -1.28. The number of hydrogen-bond acceptors (Lipinski definition) is 10. The molecule has 2 amide bonds. The molecule has 1 aromatic rings. The molecule has 1 fully saturated rings. The molecule has 1 aliphatic rings. The largest absolute Gasteiger partial charge is 0.416 e. The van der Waals surface area contributed by atoms with Gasteiger partial charge in [-0.2, -0.15) is 13.2 Å². The molecular weight excluding hydrogens is 521 g/mol. The maximum atomic E-state index is 13.4. The number of nitrogens with one attached hydrogen (secondary N) is 1. The average Bonchev–Trinajstić information content (AvgIpc) is 2.90. The van der Waals surface area contributed by atoms with Crippen LogP contribution in [0, 0.1) is 0 Å². The Morgan fingerprint density at radius 3 is 2.21 bits per heavy atom. The standard InChI is InChI=1S/C23H33F3N2O10/c1-3-14(30)17(32)13(10-37-22-20(35)19(34)18(33)15(9-29)38-22)28(8-16(31)27-2)21(36)11-4-6-12(7-5-11)23(24,25)26/h4-7,13-15,17-20,22,29-30,32-35H,3,8-10H2,1-2H3,(H,27,31)/t13-,14+,15?,17-,18-,19?,20?,22+/m0/s1. The first-order valence-corrected chi connectivity index (χ1v) is 11.7. The third kappa shape index (κ3) is 7.60. The lowest BCUT2D eigenvalue weighted by Gasteiger charge is -2.41. The zero-order valence-electron chi connectivity index (χ0n) is 20.7. The Labute approximate surface area is 216 Å². The predicted octanol–water partition coefficient (Wildman–Crippen LogP) is -1.79. The monoisotopic (exact) mass is 554 g/mol. The van der Waals surface area contributed by atoms with Crippen molar-refractivity contribution in [2.45, 2.75) is 68.5 Å². The van der Waals surface area contributed by atoms with E-state index in [1.54, 1.807) is 0 Å². The summed E-state index contributed by atoms with van der Waals surface area (Å²) in [7, 11) is 1.26. The van der Waals surface area contributed by atoms with Crippen LogP contribution >= 0.6 is 0 Å². The van der Waals surface area contributed by atoms with Crippen molar-refractivity contribution in [3.8, 4) is 0 Å². The summed E-state index contributed by atoms with van der Waals surface area (Å²) < 4.78 is 49.6. The summed E-state index contributed by atoms with van der Waals surface area (Å²) in [6, 6.07) is 1.61. The minimum absolute atomic E-state index is 0.00000249. The number of amides is 2. The van der Waals surface area contributed by atoms with Gasteiger partial charge < -0.3 is 50.3 Å². The van der Waals surface area contributed by atoms with E-state index in [2.05, 4.69) is 5.32 Å². The zero-order valence-corrected chi connectivity index (χ0v) is 20.7. The van der Waals surface area contributed by atoms with Gasteiger partial charge in [-0.3, -0.25) is 9.59 Å². The van der Waals surface area contributed by atoms with Crippen LogP contribution in [0.25, 0.3) is 0 Å². The van der Waals surface area contributed by atoms with Crippen LogP contribution in [0.1, 0.15) is 29.3 Å². The average molecular weight is 555 g/mol. The van der Waals surface area contributed by atoms with Gasteiger partial charge in [0.15, 0.2) is 6.29 Å². The predicted molar refractivity (Wildman–Crippen MR) is 122 cm³/mol. The number of likely N-dealkylation sites (N-methyl/N-ethyl adjacent to an activating group) is 1. The highest BCUT2D eigenvalue weighted by atomic mass is 19.4. The lowest BCUT2D eigenvalue weighted by molar-refractivity contribution is -0.304. The Bertz CT molecular complexity index is 918. The molecule has 38 heavy (non-hydrogen) atoms. The van der Waals surface area contributed by atoms with E-state index in [0.717, 1.165) is 17.0 Å².